The SMILES string of the molecule is COC(=O)c1ccccc1C(SC)c1ccccc1C. The minimum atomic E-state index is -0.284. The Morgan fingerprint density at radius 3 is 2.25 bits per heavy atom. The average molecular weight is 286 g/mol. The third kappa shape index (κ3) is 2.88. The Morgan fingerprint density at radius 2 is 1.65 bits per heavy atom. The lowest BCUT2D eigenvalue weighted by Crippen LogP contribution is -2.09. The van der Waals surface area contributed by atoms with Crippen LogP contribution in [0.3, 0.4) is 0 Å². The molecule has 0 radical (unpaired) electrons. The van der Waals surface area contributed by atoms with Crippen molar-refractivity contribution >= 4 is 17.7 Å². The molecule has 0 aromatic heterocycles. The minimum Gasteiger partial charge on any atom is -0.465 e. The molecule has 0 saturated heterocycles. The number of methoxy groups -OCH3 is 1. The zero-order chi connectivity index (χ0) is 14.5. The van der Waals surface area contributed by atoms with Crippen molar-refractivity contribution in [3.05, 3.63) is 70.8 Å². The Bertz CT molecular complexity index is 607. The van der Waals surface area contributed by atoms with Gasteiger partial charge in [-0.3, -0.25) is 0 Å². The molecule has 0 saturated carbocycles. The fourth-order valence-corrected chi connectivity index (χ4v) is 3.30. The molecule has 0 amide bonds. The molecule has 20 heavy (non-hydrogen) atoms. The molecule has 3 heteroatoms. The van der Waals surface area contributed by atoms with Gasteiger partial charge in [0.05, 0.1) is 17.9 Å². The van der Waals surface area contributed by atoms with Gasteiger partial charge in [-0.2, -0.15) is 11.8 Å². The third-order valence-corrected chi connectivity index (χ3v) is 4.33. The van der Waals surface area contributed by atoms with Gasteiger partial charge >= 0.3 is 5.97 Å². The molecule has 2 rings (SSSR count). The summed E-state index contributed by atoms with van der Waals surface area (Å²) in [6.45, 7) is 2.10. The fourth-order valence-electron chi connectivity index (χ4n) is 2.32. The first-order valence-electron chi connectivity index (χ1n) is 6.44. The van der Waals surface area contributed by atoms with Crippen LogP contribution in [-0.2, 0) is 4.74 Å². The van der Waals surface area contributed by atoms with E-state index in [1.807, 2.05) is 36.4 Å². The first-order chi connectivity index (χ1) is 9.69. The monoisotopic (exact) mass is 286 g/mol. The van der Waals surface area contributed by atoms with Gasteiger partial charge in [-0.05, 0) is 35.9 Å². The fraction of sp³-hybridized carbons (Fsp3) is 0.235. The van der Waals surface area contributed by atoms with Crippen molar-refractivity contribution in [2.24, 2.45) is 0 Å². The van der Waals surface area contributed by atoms with Crippen LogP contribution in [0.1, 0.15) is 32.3 Å². The lowest BCUT2D eigenvalue weighted by Gasteiger charge is -2.20. The number of esters is 1. The van der Waals surface area contributed by atoms with E-state index in [0.717, 1.165) is 5.56 Å². The number of hydrogen-bond acceptors (Lipinski definition) is 3. The normalized spacial score (nSPS) is 11.9. The van der Waals surface area contributed by atoms with Crippen LogP contribution in [-0.4, -0.2) is 19.3 Å². The summed E-state index contributed by atoms with van der Waals surface area (Å²) in [7, 11) is 1.42. The van der Waals surface area contributed by atoms with Crippen LogP contribution in [0.2, 0.25) is 0 Å². The van der Waals surface area contributed by atoms with E-state index >= 15 is 0 Å². The molecule has 1 atom stereocenters. The molecule has 0 bridgehead atoms. The maximum atomic E-state index is 11.9. The summed E-state index contributed by atoms with van der Waals surface area (Å²) in [5.74, 6) is -0.284. The molecule has 0 spiro atoms. The van der Waals surface area contributed by atoms with Crippen LogP contribution in [0, 0.1) is 6.92 Å². The molecule has 0 aliphatic heterocycles. The number of carbonyl (C=O) groups is 1. The number of thioether (sulfide) groups is 1. The van der Waals surface area contributed by atoms with Crippen LogP contribution >= 0.6 is 11.8 Å². The summed E-state index contributed by atoms with van der Waals surface area (Å²) in [5, 5.41) is 0.131. The molecular weight excluding hydrogens is 268 g/mol. The quantitative estimate of drug-likeness (QED) is 0.787. The van der Waals surface area contributed by atoms with E-state index in [2.05, 4.69) is 25.3 Å². The van der Waals surface area contributed by atoms with Crippen molar-refractivity contribution < 1.29 is 9.53 Å². The highest BCUT2D eigenvalue weighted by atomic mass is 32.2. The molecule has 1 unspecified atom stereocenters. The van der Waals surface area contributed by atoms with E-state index in [1.54, 1.807) is 11.8 Å². The molecule has 0 fully saturated rings. The molecule has 2 aromatic rings. The summed E-state index contributed by atoms with van der Waals surface area (Å²) in [4.78, 5) is 11.9. The number of hydrogen-bond donors (Lipinski definition) is 0. The highest BCUT2D eigenvalue weighted by molar-refractivity contribution is 7.99. The number of benzene rings is 2. The predicted octanol–water partition coefficient (Wildman–Crippen LogP) is 4.23. The highest BCUT2D eigenvalue weighted by Gasteiger charge is 2.21. The van der Waals surface area contributed by atoms with E-state index in [4.69, 9.17) is 4.74 Å². The number of aryl methyl sites for hydroxylation is 1. The maximum absolute atomic E-state index is 11.9. The van der Waals surface area contributed by atoms with E-state index in [0.29, 0.717) is 5.56 Å². The minimum absolute atomic E-state index is 0.131. The first-order valence-corrected chi connectivity index (χ1v) is 7.73. The Kier molecular flexibility index (Phi) is 4.85. The maximum Gasteiger partial charge on any atom is 0.338 e. The molecule has 0 heterocycles. The van der Waals surface area contributed by atoms with Gasteiger partial charge in [-0.25, -0.2) is 4.79 Å². The first kappa shape index (κ1) is 14.7. The van der Waals surface area contributed by atoms with Gasteiger partial charge in [0.25, 0.3) is 0 Å². The van der Waals surface area contributed by atoms with Crippen molar-refractivity contribution in [1.82, 2.24) is 0 Å². The predicted molar refractivity (Wildman–Crippen MR) is 84.3 cm³/mol. The zero-order valence-electron chi connectivity index (χ0n) is 11.9. The van der Waals surface area contributed by atoms with Crippen LogP contribution in [0.15, 0.2) is 48.5 Å². The van der Waals surface area contributed by atoms with Gasteiger partial charge in [0.1, 0.15) is 0 Å². The number of carbonyl (C=O) groups excluding carboxylic acids is 1. The van der Waals surface area contributed by atoms with E-state index in [9.17, 15) is 4.79 Å². The van der Waals surface area contributed by atoms with Crippen LogP contribution < -0.4 is 0 Å². The van der Waals surface area contributed by atoms with Crippen LogP contribution in [0.5, 0.6) is 0 Å². The molecular formula is C17H18O2S. The third-order valence-electron chi connectivity index (χ3n) is 3.36. The second kappa shape index (κ2) is 6.62. The summed E-state index contributed by atoms with van der Waals surface area (Å²) in [6, 6.07) is 15.9. The summed E-state index contributed by atoms with van der Waals surface area (Å²) >= 11 is 1.72. The standard InChI is InChI=1S/C17H18O2S/c1-12-8-4-5-9-13(12)16(20-3)14-10-6-7-11-15(14)17(18)19-2/h4-11,16H,1-3H3. The van der Waals surface area contributed by atoms with Crippen molar-refractivity contribution in [1.29, 1.82) is 0 Å². The van der Waals surface area contributed by atoms with Crippen LogP contribution in [0.4, 0.5) is 0 Å². The highest BCUT2D eigenvalue weighted by Crippen LogP contribution is 2.37. The zero-order valence-corrected chi connectivity index (χ0v) is 12.7. The van der Waals surface area contributed by atoms with Crippen molar-refractivity contribution in [3.8, 4) is 0 Å². The topological polar surface area (TPSA) is 26.3 Å². The lowest BCUT2D eigenvalue weighted by atomic mass is 9.96. The van der Waals surface area contributed by atoms with E-state index < -0.39 is 0 Å². The van der Waals surface area contributed by atoms with Gasteiger partial charge in [0, 0.05) is 0 Å². The molecule has 0 aliphatic carbocycles. The number of ether oxygens (including phenoxy) is 1. The largest absolute Gasteiger partial charge is 0.465 e. The van der Waals surface area contributed by atoms with Crippen molar-refractivity contribution in [2.75, 3.05) is 13.4 Å². The summed E-state index contributed by atoms with van der Waals surface area (Å²) in [5.41, 5.74) is 4.10. The second-order valence-electron chi connectivity index (χ2n) is 4.55. The molecule has 2 nitrogen and oxygen atoms in total. The smallest absolute Gasteiger partial charge is 0.338 e. The Hall–Kier alpha value is -1.74. The van der Waals surface area contributed by atoms with Gasteiger partial charge in [0.2, 0.25) is 0 Å². The van der Waals surface area contributed by atoms with E-state index in [1.165, 1.54) is 18.2 Å². The Labute approximate surface area is 124 Å². The number of rotatable bonds is 4. The van der Waals surface area contributed by atoms with Crippen molar-refractivity contribution in [3.63, 3.8) is 0 Å². The van der Waals surface area contributed by atoms with Gasteiger partial charge in [-0.1, -0.05) is 42.5 Å². The Morgan fingerprint density at radius 1 is 1.05 bits per heavy atom. The second-order valence-corrected chi connectivity index (χ2v) is 5.49. The van der Waals surface area contributed by atoms with Gasteiger partial charge in [-0.15, -0.1) is 0 Å². The van der Waals surface area contributed by atoms with Gasteiger partial charge < -0.3 is 4.74 Å². The lowest BCUT2D eigenvalue weighted by molar-refractivity contribution is 0.0599. The molecule has 104 valence electrons. The van der Waals surface area contributed by atoms with E-state index in [-0.39, 0.29) is 11.2 Å². The van der Waals surface area contributed by atoms with Crippen molar-refractivity contribution in [2.45, 2.75) is 12.2 Å². The Balaban J connectivity index is 2.53. The summed E-state index contributed by atoms with van der Waals surface area (Å²) in [6.07, 6.45) is 2.06. The average Bonchev–Trinajstić information content (AvgIpc) is 2.49. The molecule has 2 aromatic carbocycles. The molecule has 0 aliphatic rings. The van der Waals surface area contributed by atoms with Gasteiger partial charge in [0.15, 0.2) is 0 Å². The van der Waals surface area contributed by atoms with Crippen LogP contribution in [0.25, 0.3) is 0 Å². The summed E-state index contributed by atoms with van der Waals surface area (Å²) < 4.78 is 4.89. The molecule has 0 N–H and O–H groups in total.